The fourth-order valence-corrected chi connectivity index (χ4v) is 4.30. The molecular formula is C18H25N3O3. The number of pyridine rings is 1. The van der Waals surface area contributed by atoms with Crippen molar-refractivity contribution in [1.29, 1.82) is 0 Å². The third-order valence-corrected chi connectivity index (χ3v) is 5.48. The second-order valence-corrected chi connectivity index (χ2v) is 7.22. The molecule has 2 bridgehead atoms. The van der Waals surface area contributed by atoms with Gasteiger partial charge in [0.25, 0.3) is 5.56 Å². The number of likely N-dealkylation sites (tertiary alicyclic amines) is 1. The highest BCUT2D eigenvalue weighted by Crippen LogP contribution is 2.35. The lowest BCUT2D eigenvalue weighted by atomic mass is 9.83. The Morgan fingerprint density at radius 1 is 1.21 bits per heavy atom. The van der Waals surface area contributed by atoms with Crippen molar-refractivity contribution >= 4 is 5.91 Å². The molecule has 6 nitrogen and oxygen atoms in total. The van der Waals surface area contributed by atoms with Gasteiger partial charge >= 0.3 is 0 Å². The van der Waals surface area contributed by atoms with E-state index >= 15 is 0 Å². The highest BCUT2D eigenvalue weighted by Gasteiger charge is 2.36. The van der Waals surface area contributed by atoms with Crippen LogP contribution in [0.2, 0.25) is 0 Å². The van der Waals surface area contributed by atoms with Crippen molar-refractivity contribution in [3.05, 3.63) is 34.2 Å². The number of hydrogen-bond donors (Lipinski definition) is 0. The minimum Gasteiger partial charge on any atom is -0.342 e. The summed E-state index contributed by atoms with van der Waals surface area (Å²) in [6.45, 7) is 4.63. The summed E-state index contributed by atoms with van der Waals surface area (Å²) in [6.07, 6.45) is 3.86. The lowest BCUT2D eigenvalue weighted by Gasteiger charge is -2.43. The van der Waals surface area contributed by atoms with E-state index in [-0.39, 0.29) is 11.5 Å². The molecule has 0 aliphatic carbocycles. The van der Waals surface area contributed by atoms with Crippen LogP contribution in [0.15, 0.2) is 23.0 Å². The van der Waals surface area contributed by atoms with Crippen molar-refractivity contribution < 1.29 is 9.63 Å². The van der Waals surface area contributed by atoms with E-state index in [1.54, 1.807) is 6.07 Å². The number of aromatic nitrogens is 1. The molecule has 2 saturated heterocycles. The topological polar surface area (TPSA) is 54.8 Å². The van der Waals surface area contributed by atoms with Gasteiger partial charge in [-0.2, -0.15) is 5.06 Å². The Hall–Kier alpha value is -1.66. The molecule has 2 atom stereocenters. The number of fused-ring (bicyclic) bond motifs is 4. The average Bonchev–Trinajstić information content (AvgIpc) is 2.61. The molecule has 0 aromatic carbocycles. The molecule has 1 aromatic rings. The Labute approximate surface area is 141 Å². The summed E-state index contributed by atoms with van der Waals surface area (Å²) in [5.74, 6) is 0.902. The fraction of sp³-hybridized carbons (Fsp3) is 0.667. The molecule has 130 valence electrons. The maximum Gasteiger partial charge on any atom is 0.250 e. The Bertz CT molecular complexity index is 666. The van der Waals surface area contributed by atoms with Gasteiger partial charge < -0.3 is 9.47 Å². The number of hydrogen-bond acceptors (Lipinski definition) is 4. The molecule has 2 fully saturated rings. The van der Waals surface area contributed by atoms with Gasteiger partial charge in [0.1, 0.15) is 0 Å². The lowest BCUT2D eigenvalue weighted by molar-refractivity contribution is -0.183. The van der Waals surface area contributed by atoms with Crippen LogP contribution in [0.25, 0.3) is 0 Å². The zero-order valence-corrected chi connectivity index (χ0v) is 14.0. The summed E-state index contributed by atoms with van der Waals surface area (Å²) in [5.41, 5.74) is 1.18. The van der Waals surface area contributed by atoms with Crippen molar-refractivity contribution in [2.75, 3.05) is 32.8 Å². The molecule has 6 heteroatoms. The van der Waals surface area contributed by atoms with Crippen LogP contribution in [-0.2, 0) is 16.2 Å². The van der Waals surface area contributed by atoms with Gasteiger partial charge in [-0.15, -0.1) is 0 Å². The van der Waals surface area contributed by atoms with E-state index in [0.29, 0.717) is 24.8 Å². The van der Waals surface area contributed by atoms with Crippen molar-refractivity contribution in [2.45, 2.75) is 38.1 Å². The van der Waals surface area contributed by atoms with Crippen molar-refractivity contribution in [2.24, 2.45) is 5.92 Å². The van der Waals surface area contributed by atoms with Gasteiger partial charge in [-0.05, 0) is 31.2 Å². The van der Waals surface area contributed by atoms with E-state index in [1.807, 2.05) is 26.7 Å². The van der Waals surface area contributed by atoms with E-state index in [4.69, 9.17) is 4.84 Å². The van der Waals surface area contributed by atoms with Crippen LogP contribution in [0.1, 0.15) is 37.3 Å². The third-order valence-electron chi connectivity index (χ3n) is 5.48. The third kappa shape index (κ3) is 3.13. The van der Waals surface area contributed by atoms with Gasteiger partial charge in [0.15, 0.2) is 0 Å². The maximum absolute atomic E-state index is 12.6. The molecule has 3 aliphatic rings. The predicted molar refractivity (Wildman–Crippen MR) is 89.5 cm³/mol. The number of carbonyl (C=O) groups is 1. The first-order chi connectivity index (χ1) is 11.7. The van der Waals surface area contributed by atoms with Crippen molar-refractivity contribution in [1.82, 2.24) is 14.5 Å². The first-order valence-electron chi connectivity index (χ1n) is 9.06. The molecule has 3 aliphatic heterocycles. The van der Waals surface area contributed by atoms with Gasteiger partial charge in [0, 0.05) is 56.8 Å². The predicted octanol–water partition coefficient (Wildman–Crippen LogP) is 1.21. The summed E-state index contributed by atoms with van der Waals surface area (Å²) in [4.78, 5) is 32.3. The molecule has 0 radical (unpaired) electrons. The number of rotatable bonds is 3. The van der Waals surface area contributed by atoms with Crippen LogP contribution in [0.3, 0.4) is 0 Å². The molecule has 4 rings (SSSR count). The molecule has 4 heterocycles. The zero-order chi connectivity index (χ0) is 16.5. The Kier molecular flexibility index (Phi) is 4.41. The number of piperidine rings is 1. The molecule has 1 amide bonds. The quantitative estimate of drug-likeness (QED) is 0.835. The molecular weight excluding hydrogens is 306 g/mol. The fourth-order valence-electron chi connectivity index (χ4n) is 4.30. The summed E-state index contributed by atoms with van der Waals surface area (Å²) in [6, 6.07) is 5.51. The standard InChI is InChI=1S/C18H25N3O3/c22-17(6-8-20-7-1-2-9-24-20)19-11-14-10-15(13-19)16-4-3-5-18(23)21(16)12-14/h3-5,14-15H,1-2,6-13H2/t14-,15+/m1/s1. The first kappa shape index (κ1) is 15.8. The number of carbonyl (C=O) groups excluding carboxylic acids is 1. The number of hydroxylamine groups is 2. The second-order valence-electron chi connectivity index (χ2n) is 7.22. The van der Waals surface area contributed by atoms with Crippen molar-refractivity contribution in [3.8, 4) is 0 Å². The molecule has 24 heavy (non-hydrogen) atoms. The van der Waals surface area contributed by atoms with E-state index in [1.165, 1.54) is 0 Å². The van der Waals surface area contributed by atoms with Gasteiger partial charge in [-0.3, -0.25) is 14.4 Å². The maximum atomic E-state index is 12.6. The summed E-state index contributed by atoms with van der Waals surface area (Å²) in [5, 5.41) is 1.93. The molecule has 0 spiro atoms. The zero-order valence-electron chi connectivity index (χ0n) is 14.0. The van der Waals surface area contributed by atoms with Crippen LogP contribution in [0, 0.1) is 5.92 Å². The smallest absolute Gasteiger partial charge is 0.250 e. The minimum atomic E-state index is 0.0872. The Morgan fingerprint density at radius 2 is 2.12 bits per heavy atom. The van der Waals surface area contributed by atoms with E-state index in [9.17, 15) is 9.59 Å². The molecule has 0 unspecified atom stereocenters. The van der Waals surface area contributed by atoms with Gasteiger partial charge in [0.05, 0.1) is 6.61 Å². The SMILES string of the molecule is O=C(CCN1CCCCO1)N1C[C@H]2C[C@@H](C1)c1cccc(=O)n1C2. The van der Waals surface area contributed by atoms with Gasteiger partial charge in [-0.25, -0.2) is 0 Å². The summed E-state index contributed by atoms with van der Waals surface area (Å²) >= 11 is 0. The van der Waals surface area contributed by atoms with E-state index in [0.717, 1.165) is 57.7 Å². The van der Waals surface area contributed by atoms with Gasteiger partial charge in [-0.1, -0.05) is 6.07 Å². The van der Waals surface area contributed by atoms with Crippen LogP contribution in [0.4, 0.5) is 0 Å². The Morgan fingerprint density at radius 3 is 2.96 bits per heavy atom. The lowest BCUT2D eigenvalue weighted by Crippen LogP contribution is -2.49. The molecule has 1 aromatic heterocycles. The Balaban J connectivity index is 1.40. The number of nitrogens with zero attached hydrogens (tertiary/aromatic N) is 3. The normalized spacial score (nSPS) is 26.9. The second kappa shape index (κ2) is 6.69. The monoisotopic (exact) mass is 331 g/mol. The number of amides is 1. The summed E-state index contributed by atoms with van der Waals surface area (Å²) < 4.78 is 1.90. The van der Waals surface area contributed by atoms with E-state index in [2.05, 4.69) is 0 Å². The minimum absolute atomic E-state index is 0.0872. The highest BCUT2D eigenvalue weighted by atomic mass is 16.7. The van der Waals surface area contributed by atoms with Crippen LogP contribution >= 0.6 is 0 Å². The van der Waals surface area contributed by atoms with Crippen LogP contribution < -0.4 is 5.56 Å². The van der Waals surface area contributed by atoms with Crippen LogP contribution in [0.5, 0.6) is 0 Å². The van der Waals surface area contributed by atoms with E-state index < -0.39 is 0 Å². The molecule has 0 N–H and O–H groups in total. The first-order valence-corrected chi connectivity index (χ1v) is 9.06. The van der Waals surface area contributed by atoms with Gasteiger partial charge in [0.2, 0.25) is 5.91 Å². The van der Waals surface area contributed by atoms with Crippen molar-refractivity contribution in [3.63, 3.8) is 0 Å². The van der Waals surface area contributed by atoms with Crippen LogP contribution in [-0.4, -0.2) is 53.2 Å². The average molecular weight is 331 g/mol. The largest absolute Gasteiger partial charge is 0.342 e. The highest BCUT2D eigenvalue weighted by molar-refractivity contribution is 5.76. The molecule has 0 saturated carbocycles. The summed E-state index contributed by atoms with van der Waals surface area (Å²) in [7, 11) is 0.